The zero-order valence-electron chi connectivity index (χ0n) is 9.96. The van der Waals surface area contributed by atoms with Crippen LogP contribution in [0, 0.1) is 0 Å². The third-order valence-electron chi connectivity index (χ3n) is 2.90. The maximum atomic E-state index is 11.7. The summed E-state index contributed by atoms with van der Waals surface area (Å²) in [6.45, 7) is 4.06. The van der Waals surface area contributed by atoms with Crippen LogP contribution in [0.15, 0.2) is 0 Å². The first kappa shape index (κ1) is 15.7. The van der Waals surface area contributed by atoms with Gasteiger partial charge >= 0.3 is 0 Å². The Labute approximate surface area is 104 Å². The molecule has 96 valence electrons. The molecule has 0 atom stereocenters. The zero-order chi connectivity index (χ0) is 11.1. The van der Waals surface area contributed by atoms with Crippen LogP contribution in [-0.2, 0) is 9.53 Å². The normalized spacial score (nSPS) is 17.9. The average Bonchev–Trinajstić information content (AvgIpc) is 2.66. The van der Waals surface area contributed by atoms with Crippen molar-refractivity contribution in [3.63, 3.8) is 0 Å². The maximum Gasteiger partial charge on any atom is 0.240 e. The molecule has 1 fully saturated rings. The van der Waals surface area contributed by atoms with Crippen molar-refractivity contribution >= 4 is 18.3 Å². The van der Waals surface area contributed by atoms with Crippen LogP contribution < -0.4 is 11.1 Å². The smallest absolute Gasteiger partial charge is 0.240 e. The lowest BCUT2D eigenvalue weighted by Gasteiger charge is -2.22. The van der Waals surface area contributed by atoms with Crippen molar-refractivity contribution in [1.29, 1.82) is 0 Å². The largest absolute Gasteiger partial charge is 0.382 e. The number of nitrogens with one attached hydrogen (secondary N) is 1. The SMILES string of the molecule is CCOCCCNC(=O)C1(N)CCCC1.Cl. The van der Waals surface area contributed by atoms with Gasteiger partial charge in [0.2, 0.25) is 5.91 Å². The van der Waals surface area contributed by atoms with Gasteiger partial charge in [0.1, 0.15) is 0 Å². The topological polar surface area (TPSA) is 64.3 Å². The minimum Gasteiger partial charge on any atom is -0.382 e. The van der Waals surface area contributed by atoms with Gasteiger partial charge in [-0.05, 0) is 26.2 Å². The summed E-state index contributed by atoms with van der Waals surface area (Å²) in [6, 6.07) is 0. The molecule has 1 rings (SSSR count). The Bertz CT molecular complexity index is 206. The summed E-state index contributed by atoms with van der Waals surface area (Å²) in [6.07, 6.45) is 4.65. The highest BCUT2D eigenvalue weighted by atomic mass is 35.5. The lowest BCUT2D eigenvalue weighted by Crippen LogP contribution is -2.52. The molecule has 1 saturated carbocycles. The van der Waals surface area contributed by atoms with Gasteiger partial charge in [0.25, 0.3) is 0 Å². The molecule has 0 aromatic carbocycles. The van der Waals surface area contributed by atoms with Crippen LogP contribution >= 0.6 is 12.4 Å². The van der Waals surface area contributed by atoms with Crippen LogP contribution in [0.25, 0.3) is 0 Å². The summed E-state index contributed by atoms with van der Waals surface area (Å²) in [5.41, 5.74) is 5.41. The standard InChI is InChI=1S/C11H22N2O2.ClH/c1-2-15-9-5-8-13-10(14)11(12)6-3-4-7-11;/h2-9,12H2,1H3,(H,13,14);1H. The Morgan fingerprint density at radius 2 is 2.06 bits per heavy atom. The van der Waals surface area contributed by atoms with Crippen LogP contribution in [0.1, 0.15) is 39.0 Å². The number of carbonyl (C=O) groups excluding carboxylic acids is 1. The van der Waals surface area contributed by atoms with Gasteiger partial charge in [-0.2, -0.15) is 0 Å². The first-order valence-corrected chi connectivity index (χ1v) is 5.84. The monoisotopic (exact) mass is 250 g/mol. The Balaban J connectivity index is 0.00000225. The van der Waals surface area contributed by atoms with Crippen LogP contribution in [0.3, 0.4) is 0 Å². The lowest BCUT2D eigenvalue weighted by molar-refractivity contribution is -0.126. The van der Waals surface area contributed by atoms with Gasteiger partial charge in [-0.3, -0.25) is 4.79 Å². The lowest BCUT2D eigenvalue weighted by atomic mass is 9.98. The van der Waals surface area contributed by atoms with E-state index in [1.807, 2.05) is 6.92 Å². The van der Waals surface area contributed by atoms with Crippen molar-refractivity contribution in [2.45, 2.75) is 44.6 Å². The number of halogens is 1. The molecule has 16 heavy (non-hydrogen) atoms. The van der Waals surface area contributed by atoms with Gasteiger partial charge in [-0.15, -0.1) is 12.4 Å². The van der Waals surface area contributed by atoms with Gasteiger partial charge < -0.3 is 15.8 Å². The zero-order valence-corrected chi connectivity index (χ0v) is 10.8. The first-order valence-electron chi connectivity index (χ1n) is 5.84. The average molecular weight is 251 g/mol. The number of rotatable bonds is 6. The van der Waals surface area contributed by atoms with E-state index in [0.717, 1.165) is 38.7 Å². The third-order valence-corrected chi connectivity index (χ3v) is 2.90. The Hall–Kier alpha value is -0.320. The predicted octanol–water partition coefficient (Wildman–Crippen LogP) is 1.22. The molecular weight excluding hydrogens is 228 g/mol. The van der Waals surface area contributed by atoms with E-state index in [1.54, 1.807) is 0 Å². The van der Waals surface area contributed by atoms with Gasteiger partial charge in [-0.25, -0.2) is 0 Å². The van der Waals surface area contributed by atoms with Gasteiger partial charge in [0.05, 0.1) is 5.54 Å². The molecule has 3 N–H and O–H groups in total. The molecule has 0 aromatic heterocycles. The summed E-state index contributed by atoms with van der Waals surface area (Å²) in [5, 5.41) is 2.88. The molecule has 4 nitrogen and oxygen atoms in total. The molecule has 0 heterocycles. The fourth-order valence-corrected chi connectivity index (χ4v) is 1.93. The van der Waals surface area contributed by atoms with Crippen LogP contribution in [0.2, 0.25) is 0 Å². The van der Waals surface area contributed by atoms with Gasteiger partial charge in [0.15, 0.2) is 0 Å². The highest BCUT2D eigenvalue weighted by Gasteiger charge is 2.36. The quantitative estimate of drug-likeness (QED) is 0.697. The highest BCUT2D eigenvalue weighted by Crippen LogP contribution is 2.26. The maximum absolute atomic E-state index is 11.7. The number of nitrogens with two attached hydrogens (primary N) is 1. The van der Waals surface area contributed by atoms with Crippen LogP contribution in [0.5, 0.6) is 0 Å². The summed E-state index contributed by atoms with van der Waals surface area (Å²) >= 11 is 0. The highest BCUT2D eigenvalue weighted by molar-refractivity contribution is 5.86. The molecule has 1 aliphatic carbocycles. The van der Waals surface area contributed by atoms with E-state index in [2.05, 4.69) is 5.32 Å². The molecule has 5 heteroatoms. The molecule has 0 aromatic rings. The van der Waals surface area contributed by atoms with Crippen molar-refractivity contribution in [1.82, 2.24) is 5.32 Å². The molecule has 0 radical (unpaired) electrons. The van der Waals surface area contributed by atoms with E-state index >= 15 is 0 Å². The fourth-order valence-electron chi connectivity index (χ4n) is 1.93. The molecule has 0 bridgehead atoms. The first-order chi connectivity index (χ1) is 7.19. The number of carbonyl (C=O) groups is 1. The summed E-state index contributed by atoms with van der Waals surface area (Å²) in [7, 11) is 0. The summed E-state index contributed by atoms with van der Waals surface area (Å²) < 4.78 is 5.18. The number of amides is 1. The van der Waals surface area contributed by atoms with E-state index in [0.29, 0.717) is 13.2 Å². The molecule has 0 spiro atoms. The number of hydrogen-bond donors (Lipinski definition) is 2. The second kappa shape index (κ2) is 7.87. The van der Waals surface area contributed by atoms with Crippen molar-refractivity contribution in [3.05, 3.63) is 0 Å². The minimum atomic E-state index is -0.592. The van der Waals surface area contributed by atoms with E-state index in [-0.39, 0.29) is 18.3 Å². The second-order valence-electron chi connectivity index (χ2n) is 4.17. The Kier molecular flexibility index (Phi) is 7.72. The van der Waals surface area contributed by atoms with Crippen molar-refractivity contribution in [3.8, 4) is 0 Å². The Morgan fingerprint density at radius 3 is 2.62 bits per heavy atom. The van der Waals surface area contributed by atoms with Crippen LogP contribution in [-0.4, -0.2) is 31.2 Å². The van der Waals surface area contributed by atoms with Crippen molar-refractivity contribution < 1.29 is 9.53 Å². The molecule has 1 amide bonds. The third kappa shape index (κ3) is 4.68. The van der Waals surface area contributed by atoms with Crippen LogP contribution in [0.4, 0.5) is 0 Å². The molecule has 0 unspecified atom stereocenters. The number of ether oxygens (including phenoxy) is 1. The fraction of sp³-hybridized carbons (Fsp3) is 0.909. The molecule has 0 aliphatic heterocycles. The van der Waals surface area contributed by atoms with E-state index in [4.69, 9.17) is 10.5 Å². The molecule has 1 aliphatic rings. The number of hydrogen-bond acceptors (Lipinski definition) is 3. The molecule has 0 saturated heterocycles. The minimum absolute atomic E-state index is 0. The summed E-state index contributed by atoms with van der Waals surface area (Å²) in [4.78, 5) is 11.7. The summed E-state index contributed by atoms with van der Waals surface area (Å²) in [5.74, 6) is 0.0106. The Morgan fingerprint density at radius 1 is 1.44 bits per heavy atom. The van der Waals surface area contributed by atoms with Gasteiger partial charge in [0, 0.05) is 19.8 Å². The van der Waals surface area contributed by atoms with Gasteiger partial charge in [-0.1, -0.05) is 12.8 Å². The van der Waals surface area contributed by atoms with Crippen molar-refractivity contribution in [2.75, 3.05) is 19.8 Å². The van der Waals surface area contributed by atoms with Crippen molar-refractivity contribution in [2.24, 2.45) is 5.73 Å². The van der Waals surface area contributed by atoms with E-state index in [9.17, 15) is 4.79 Å². The molecular formula is C11H23ClN2O2. The second-order valence-corrected chi connectivity index (χ2v) is 4.17. The van der Waals surface area contributed by atoms with E-state index in [1.165, 1.54) is 0 Å². The predicted molar refractivity (Wildman–Crippen MR) is 66.8 cm³/mol. The van der Waals surface area contributed by atoms with E-state index < -0.39 is 5.54 Å².